The van der Waals surface area contributed by atoms with E-state index < -0.39 is 7.14 Å². The first-order chi connectivity index (χ1) is 20.7. The molecule has 0 atom stereocenters. The van der Waals surface area contributed by atoms with E-state index in [1.54, 1.807) is 0 Å². The Hall–Kier alpha value is -5.18. The largest absolute Gasteiger partial charge is 0.309 e. The van der Waals surface area contributed by atoms with Gasteiger partial charge in [0.1, 0.15) is 5.82 Å². The minimum Gasteiger partial charge on any atom is -0.309 e. The fourth-order valence-electron chi connectivity index (χ4n) is 6.09. The van der Waals surface area contributed by atoms with Crippen molar-refractivity contribution in [3.05, 3.63) is 158 Å². The fraction of sp³-hybridized carbons (Fsp3) is 0. The summed E-state index contributed by atoms with van der Waals surface area (Å²) in [5.41, 5.74) is 7.33. The number of para-hydroxylation sites is 4. The molecule has 0 bridgehead atoms. The van der Waals surface area contributed by atoms with Gasteiger partial charge < -0.3 is 9.46 Å². The molecule has 7 aromatic rings. The lowest BCUT2D eigenvalue weighted by molar-refractivity contribution is 0.592. The molecule has 0 spiro atoms. The maximum absolute atomic E-state index is 14.9. The van der Waals surface area contributed by atoms with Gasteiger partial charge >= 0.3 is 0 Å². The van der Waals surface area contributed by atoms with Crippen LogP contribution in [0.3, 0.4) is 0 Å². The van der Waals surface area contributed by atoms with Crippen LogP contribution in [0.4, 0.5) is 17.1 Å². The van der Waals surface area contributed by atoms with Crippen molar-refractivity contribution < 1.29 is 4.57 Å². The van der Waals surface area contributed by atoms with E-state index in [2.05, 4.69) is 88.3 Å². The molecule has 0 amide bonds. The van der Waals surface area contributed by atoms with E-state index in [-0.39, 0.29) is 0 Å². The van der Waals surface area contributed by atoms with E-state index in [1.165, 1.54) is 0 Å². The maximum atomic E-state index is 14.9. The summed E-state index contributed by atoms with van der Waals surface area (Å²) >= 11 is 0. The van der Waals surface area contributed by atoms with Crippen LogP contribution in [0.15, 0.2) is 158 Å². The first-order valence-electron chi connectivity index (χ1n) is 14.0. The number of hydrogen-bond donors (Lipinski definition) is 0. The Morgan fingerprint density at radius 3 is 1.64 bits per heavy atom. The smallest absolute Gasteiger partial charge is 0.171 e. The quantitative estimate of drug-likeness (QED) is 0.200. The standard InChI is InChI=1S/C37H26N3OP/c41-42(29-15-6-2-7-16-29,30-17-8-3-9-18-30)31-25-23-27(24-26-31)37-38-32-19-12-22-35-36(32)40(37)34-21-11-10-20-33(34)39(35)28-13-4-1-5-14-28/h1-26H. The summed E-state index contributed by atoms with van der Waals surface area (Å²) in [7, 11) is -3.06. The van der Waals surface area contributed by atoms with Gasteiger partial charge in [-0.2, -0.15) is 0 Å². The van der Waals surface area contributed by atoms with E-state index in [1.807, 2.05) is 78.9 Å². The van der Waals surface area contributed by atoms with E-state index >= 15 is 0 Å². The van der Waals surface area contributed by atoms with E-state index in [0.717, 1.165) is 61.1 Å². The van der Waals surface area contributed by atoms with Crippen molar-refractivity contribution in [2.45, 2.75) is 0 Å². The first-order valence-corrected chi connectivity index (χ1v) is 15.7. The molecule has 5 heteroatoms. The molecule has 4 nitrogen and oxygen atoms in total. The molecule has 42 heavy (non-hydrogen) atoms. The Labute approximate surface area is 244 Å². The molecule has 0 unspecified atom stereocenters. The number of rotatable bonds is 5. The summed E-state index contributed by atoms with van der Waals surface area (Å²) in [6.07, 6.45) is 0. The number of nitrogens with zero attached hydrogens (tertiary/aromatic N) is 3. The third kappa shape index (κ3) is 3.69. The van der Waals surface area contributed by atoms with Gasteiger partial charge in [0.2, 0.25) is 0 Å². The summed E-state index contributed by atoms with van der Waals surface area (Å²) in [4.78, 5) is 7.46. The number of aromatic nitrogens is 2. The zero-order chi connectivity index (χ0) is 28.1. The first kappa shape index (κ1) is 24.6. The van der Waals surface area contributed by atoms with Crippen molar-refractivity contribution in [2.24, 2.45) is 0 Å². The van der Waals surface area contributed by atoms with Crippen LogP contribution in [-0.2, 0) is 4.57 Å². The SMILES string of the molecule is O=P(c1ccccc1)(c1ccccc1)c1ccc(-c2nc3cccc4c3n2-c2ccccc2N4c2ccccc2)cc1. The minimum atomic E-state index is -3.06. The van der Waals surface area contributed by atoms with Gasteiger partial charge in [-0.3, -0.25) is 4.57 Å². The molecule has 0 fully saturated rings. The highest BCUT2D eigenvalue weighted by molar-refractivity contribution is 7.85. The number of benzene rings is 6. The normalized spacial score (nSPS) is 12.3. The molecule has 0 saturated heterocycles. The van der Waals surface area contributed by atoms with Crippen LogP contribution >= 0.6 is 7.14 Å². The third-order valence-corrected chi connectivity index (χ3v) is 11.1. The second-order valence-electron chi connectivity index (χ2n) is 10.4. The van der Waals surface area contributed by atoms with Crippen LogP contribution in [-0.4, -0.2) is 9.55 Å². The summed E-state index contributed by atoms with van der Waals surface area (Å²) in [5, 5.41) is 2.45. The van der Waals surface area contributed by atoms with Crippen molar-refractivity contribution in [3.8, 4) is 17.1 Å². The summed E-state index contributed by atoms with van der Waals surface area (Å²) in [5.74, 6) is 0.860. The average Bonchev–Trinajstić information content (AvgIpc) is 3.47. The molecule has 8 rings (SSSR count). The molecule has 0 radical (unpaired) electrons. The Balaban J connectivity index is 1.31. The van der Waals surface area contributed by atoms with Gasteiger partial charge in [-0.25, -0.2) is 4.98 Å². The van der Waals surface area contributed by atoms with Crippen molar-refractivity contribution in [3.63, 3.8) is 0 Å². The van der Waals surface area contributed by atoms with E-state index in [4.69, 9.17) is 4.98 Å². The van der Waals surface area contributed by atoms with Gasteiger partial charge in [-0.05, 0) is 36.4 Å². The highest BCUT2D eigenvalue weighted by Gasteiger charge is 2.31. The van der Waals surface area contributed by atoms with Crippen LogP contribution in [0.1, 0.15) is 0 Å². The van der Waals surface area contributed by atoms with Crippen LogP contribution in [0.2, 0.25) is 0 Å². The monoisotopic (exact) mass is 559 g/mol. The van der Waals surface area contributed by atoms with Gasteiger partial charge in [0, 0.05) is 27.2 Å². The molecule has 200 valence electrons. The van der Waals surface area contributed by atoms with Gasteiger partial charge in [0.15, 0.2) is 7.14 Å². The maximum Gasteiger partial charge on any atom is 0.171 e. The van der Waals surface area contributed by atoms with Gasteiger partial charge in [0.25, 0.3) is 0 Å². The van der Waals surface area contributed by atoms with Crippen LogP contribution in [0.5, 0.6) is 0 Å². The van der Waals surface area contributed by atoms with Crippen molar-refractivity contribution in [2.75, 3.05) is 4.90 Å². The van der Waals surface area contributed by atoms with Crippen molar-refractivity contribution in [1.82, 2.24) is 9.55 Å². The van der Waals surface area contributed by atoms with Gasteiger partial charge in [0.05, 0.1) is 28.1 Å². The number of imidazole rings is 1. The Morgan fingerprint density at radius 2 is 1.00 bits per heavy atom. The highest BCUT2D eigenvalue weighted by Crippen LogP contribution is 2.48. The lowest BCUT2D eigenvalue weighted by Crippen LogP contribution is -2.24. The van der Waals surface area contributed by atoms with E-state index in [0.29, 0.717) is 0 Å². The lowest BCUT2D eigenvalue weighted by atomic mass is 10.1. The molecule has 1 aromatic heterocycles. The predicted molar refractivity (Wildman–Crippen MR) is 174 cm³/mol. The van der Waals surface area contributed by atoms with Gasteiger partial charge in [-0.15, -0.1) is 0 Å². The summed E-state index contributed by atoms with van der Waals surface area (Å²) < 4.78 is 17.2. The van der Waals surface area contributed by atoms with Gasteiger partial charge in [-0.1, -0.05) is 121 Å². The summed E-state index contributed by atoms with van der Waals surface area (Å²) in [6.45, 7) is 0. The molecule has 1 aliphatic rings. The molecular weight excluding hydrogens is 533 g/mol. The Kier molecular flexibility index (Phi) is 5.70. The zero-order valence-corrected chi connectivity index (χ0v) is 23.6. The number of anilines is 3. The van der Waals surface area contributed by atoms with Crippen molar-refractivity contribution >= 4 is 51.2 Å². The molecule has 6 aromatic carbocycles. The molecule has 1 aliphatic heterocycles. The Bertz CT molecular complexity index is 2060. The molecule has 0 N–H and O–H groups in total. The minimum absolute atomic E-state index is 0.801. The molecule has 2 heterocycles. The summed E-state index contributed by atoms with van der Waals surface area (Å²) in [6, 6.07) is 52.9. The second-order valence-corrected chi connectivity index (χ2v) is 13.2. The molecule has 0 saturated carbocycles. The second kappa shape index (κ2) is 9.73. The fourth-order valence-corrected chi connectivity index (χ4v) is 8.74. The Morgan fingerprint density at radius 1 is 0.476 bits per heavy atom. The van der Waals surface area contributed by atoms with Crippen molar-refractivity contribution in [1.29, 1.82) is 0 Å². The number of hydrogen-bond acceptors (Lipinski definition) is 3. The zero-order valence-electron chi connectivity index (χ0n) is 22.7. The van der Waals surface area contributed by atoms with E-state index in [9.17, 15) is 4.57 Å². The molecule has 0 aliphatic carbocycles. The topological polar surface area (TPSA) is 38.1 Å². The average molecular weight is 560 g/mol. The number of fused-ring (bicyclic) bond motifs is 2. The highest BCUT2D eigenvalue weighted by atomic mass is 31.2. The molecular formula is C37H26N3OP. The van der Waals surface area contributed by atoms with Crippen LogP contribution in [0.25, 0.3) is 28.1 Å². The van der Waals surface area contributed by atoms with Crippen LogP contribution in [0, 0.1) is 0 Å². The third-order valence-electron chi connectivity index (χ3n) is 8.00. The van der Waals surface area contributed by atoms with Crippen LogP contribution < -0.4 is 20.8 Å². The lowest BCUT2D eigenvalue weighted by Gasteiger charge is -2.32. The predicted octanol–water partition coefficient (Wildman–Crippen LogP) is 8.12.